The number of aryl methyl sites for hydroxylation is 1. The van der Waals surface area contributed by atoms with E-state index >= 15 is 0 Å². The zero-order valence-electron chi connectivity index (χ0n) is 14.3. The van der Waals surface area contributed by atoms with Crippen molar-refractivity contribution in [3.05, 3.63) is 63.6 Å². The Hall–Kier alpha value is -2.04. The van der Waals surface area contributed by atoms with Gasteiger partial charge >= 0.3 is 0 Å². The van der Waals surface area contributed by atoms with Gasteiger partial charge in [0.25, 0.3) is 5.91 Å². The number of amides is 2. The van der Waals surface area contributed by atoms with Crippen molar-refractivity contribution in [3.8, 4) is 0 Å². The molecular weight excluding hydrogens is 359 g/mol. The minimum absolute atomic E-state index is 0.106. The summed E-state index contributed by atoms with van der Waals surface area (Å²) < 4.78 is 0. The predicted molar refractivity (Wildman–Crippen MR) is 102 cm³/mol. The molecular formula is C19H20Cl2N2O2. The normalized spacial score (nSPS) is 11.9. The van der Waals surface area contributed by atoms with Gasteiger partial charge in [-0.05, 0) is 42.7 Å². The fourth-order valence-corrected chi connectivity index (χ4v) is 2.72. The van der Waals surface area contributed by atoms with Crippen LogP contribution in [0.15, 0.2) is 42.5 Å². The van der Waals surface area contributed by atoms with Crippen LogP contribution in [0.2, 0.25) is 10.0 Å². The maximum atomic E-state index is 12.6. The van der Waals surface area contributed by atoms with Crippen molar-refractivity contribution < 1.29 is 9.59 Å². The first-order valence-corrected chi connectivity index (χ1v) is 8.67. The van der Waals surface area contributed by atoms with Gasteiger partial charge in [-0.15, -0.1) is 0 Å². The number of anilines is 1. The van der Waals surface area contributed by atoms with Crippen LogP contribution >= 0.6 is 23.2 Å². The molecule has 25 heavy (non-hydrogen) atoms. The number of nitrogens with one attached hydrogen (secondary N) is 2. The predicted octanol–water partition coefficient (Wildman–Crippen LogP) is 4.69. The molecule has 2 amide bonds. The van der Waals surface area contributed by atoms with Crippen molar-refractivity contribution in [2.24, 2.45) is 5.92 Å². The largest absolute Gasteiger partial charge is 0.340 e. The van der Waals surface area contributed by atoms with E-state index in [-0.39, 0.29) is 17.7 Å². The first-order valence-electron chi connectivity index (χ1n) is 7.92. The molecule has 0 unspecified atom stereocenters. The number of hydrogen-bond donors (Lipinski definition) is 2. The third-order valence-corrected chi connectivity index (χ3v) is 4.38. The average Bonchev–Trinajstić information content (AvgIpc) is 2.55. The summed E-state index contributed by atoms with van der Waals surface area (Å²) in [5.74, 6) is -0.740. The van der Waals surface area contributed by atoms with E-state index in [1.807, 2.05) is 32.9 Å². The lowest BCUT2D eigenvalue weighted by Crippen LogP contribution is -2.47. The smallest absolute Gasteiger partial charge is 0.252 e. The van der Waals surface area contributed by atoms with Crippen molar-refractivity contribution in [1.29, 1.82) is 0 Å². The van der Waals surface area contributed by atoms with Crippen molar-refractivity contribution in [1.82, 2.24) is 5.32 Å². The molecule has 6 heteroatoms. The Bertz CT molecular complexity index is 791. The molecule has 132 valence electrons. The highest BCUT2D eigenvalue weighted by molar-refractivity contribution is 6.35. The minimum Gasteiger partial charge on any atom is -0.340 e. The van der Waals surface area contributed by atoms with Gasteiger partial charge in [0, 0.05) is 10.6 Å². The fraction of sp³-hybridized carbons (Fsp3) is 0.263. The lowest BCUT2D eigenvalue weighted by Gasteiger charge is -2.22. The summed E-state index contributed by atoms with van der Waals surface area (Å²) in [7, 11) is 0. The van der Waals surface area contributed by atoms with Crippen LogP contribution < -0.4 is 10.6 Å². The van der Waals surface area contributed by atoms with E-state index < -0.39 is 6.04 Å². The van der Waals surface area contributed by atoms with Gasteiger partial charge in [0.1, 0.15) is 6.04 Å². The number of carbonyl (C=O) groups excluding carboxylic acids is 2. The highest BCUT2D eigenvalue weighted by Crippen LogP contribution is 2.25. The molecule has 0 radical (unpaired) electrons. The summed E-state index contributed by atoms with van der Waals surface area (Å²) in [4.78, 5) is 25.2. The van der Waals surface area contributed by atoms with Crippen LogP contribution in [0.4, 0.5) is 5.69 Å². The van der Waals surface area contributed by atoms with Crippen molar-refractivity contribution in [2.45, 2.75) is 26.8 Å². The van der Waals surface area contributed by atoms with E-state index in [4.69, 9.17) is 23.2 Å². The van der Waals surface area contributed by atoms with Gasteiger partial charge in [-0.2, -0.15) is 0 Å². The zero-order chi connectivity index (χ0) is 18.6. The highest BCUT2D eigenvalue weighted by Gasteiger charge is 2.25. The van der Waals surface area contributed by atoms with Gasteiger partial charge in [-0.25, -0.2) is 0 Å². The number of halogens is 2. The van der Waals surface area contributed by atoms with Crippen LogP contribution in [-0.2, 0) is 4.79 Å². The maximum Gasteiger partial charge on any atom is 0.252 e. The Morgan fingerprint density at radius 2 is 1.72 bits per heavy atom. The summed E-state index contributed by atoms with van der Waals surface area (Å²) in [6.45, 7) is 5.58. The first kappa shape index (κ1) is 19.3. The van der Waals surface area contributed by atoms with Gasteiger partial charge in [-0.1, -0.05) is 55.2 Å². The molecule has 0 aromatic heterocycles. The molecule has 2 rings (SSSR count). The molecule has 2 aromatic carbocycles. The van der Waals surface area contributed by atoms with Crippen molar-refractivity contribution >= 4 is 40.7 Å². The van der Waals surface area contributed by atoms with Gasteiger partial charge in [0.05, 0.1) is 10.7 Å². The summed E-state index contributed by atoms with van der Waals surface area (Å²) in [6, 6.07) is 11.3. The van der Waals surface area contributed by atoms with E-state index in [1.54, 1.807) is 30.3 Å². The first-order chi connectivity index (χ1) is 11.8. The summed E-state index contributed by atoms with van der Waals surface area (Å²) >= 11 is 12.0. The molecule has 0 heterocycles. The van der Waals surface area contributed by atoms with Crippen LogP contribution in [0.3, 0.4) is 0 Å². The molecule has 2 aromatic rings. The van der Waals surface area contributed by atoms with Gasteiger partial charge in [-0.3, -0.25) is 9.59 Å². The molecule has 0 spiro atoms. The monoisotopic (exact) mass is 378 g/mol. The van der Waals surface area contributed by atoms with E-state index in [9.17, 15) is 9.59 Å². The quantitative estimate of drug-likeness (QED) is 0.792. The van der Waals surface area contributed by atoms with Crippen LogP contribution in [-0.4, -0.2) is 17.9 Å². The van der Waals surface area contributed by atoms with Gasteiger partial charge in [0.2, 0.25) is 5.91 Å². The second kappa shape index (κ2) is 8.37. The highest BCUT2D eigenvalue weighted by atomic mass is 35.5. The Morgan fingerprint density at radius 3 is 2.36 bits per heavy atom. The molecule has 0 aliphatic rings. The number of carbonyl (C=O) groups is 2. The summed E-state index contributed by atoms with van der Waals surface area (Å²) in [5, 5.41) is 6.38. The summed E-state index contributed by atoms with van der Waals surface area (Å²) in [6.07, 6.45) is 0. The molecule has 0 aliphatic carbocycles. The average molecular weight is 379 g/mol. The fourth-order valence-electron chi connectivity index (χ4n) is 2.39. The van der Waals surface area contributed by atoms with Crippen LogP contribution in [0.5, 0.6) is 0 Å². The third kappa shape index (κ3) is 4.97. The van der Waals surface area contributed by atoms with E-state index in [1.165, 1.54) is 0 Å². The zero-order valence-corrected chi connectivity index (χ0v) is 15.8. The molecule has 0 aliphatic heterocycles. The number of benzene rings is 2. The van der Waals surface area contributed by atoms with Crippen molar-refractivity contribution in [3.63, 3.8) is 0 Å². The maximum absolute atomic E-state index is 12.6. The van der Waals surface area contributed by atoms with Crippen LogP contribution in [0, 0.1) is 12.8 Å². The SMILES string of the molecule is Cc1ccccc1C(=O)N[C@H](C(=O)Nc1cc(Cl)ccc1Cl)C(C)C. The third-order valence-electron chi connectivity index (χ3n) is 3.81. The lowest BCUT2D eigenvalue weighted by molar-refractivity contribution is -0.118. The van der Waals surface area contributed by atoms with Crippen LogP contribution in [0.25, 0.3) is 0 Å². The Balaban J connectivity index is 2.17. The van der Waals surface area contributed by atoms with Crippen molar-refractivity contribution in [2.75, 3.05) is 5.32 Å². The molecule has 0 fully saturated rings. The lowest BCUT2D eigenvalue weighted by atomic mass is 10.0. The Kier molecular flexibility index (Phi) is 6.45. The topological polar surface area (TPSA) is 58.2 Å². The van der Waals surface area contributed by atoms with Gasteiger partial charge in [0.15, 0.2) is 0 Å². The minimum atomic E-state index is -0.706. The molecule has 0 saturated carbocycles. The van der Waals surface area contributed by atoms with Crippen LogP contribution in [0.1, 0.15) is 29.8 Å². The second-order valence-corrected chi connectivity index (χ2v) is 6.97. The molecule has 2 N–H and O–H groups in total. The molecule has 1 atom stereocenters. The molecule has 4 nitrogen and oxygen atoms in total. The van der Waals surface area contributed by atoms with E-state index in [0.717, 1.165) is 5.56 Å². The van der Waals surface area contributed by atoms with E-state index in [2.05, 4.69) is 10.6 Å². The van der Waals surface area contributed by atoms with E-state index in [0.29, 0.717) is 21.3 Å². The Morgan fingerprint density at radius 1 is 1.04 bits per heavy atom. The Labute approximate surface area is 157 Å². The second-order valence-electron chi connectivity index (χ2n) is 6.12. The molecule has 0 saturated heterocycles. The van der Waals surface area contributed by atoms with Gasteiger partial charge < -0.3 is 10.6 Å². The number of rotatable bonds is 5. The molecule has 0 bridgehead atoms. The standard InChI is InChI=1S/C19H20Cl2N2O2/c1-11(2)17(23-18(24)14-7-5-4-6-12(14)3)19(25)22-16-10-13(20)8-9-15(16)21/h4-11,17H,1-3H3,(H,22,25)(H,23,24)/t17-/m0/s1. The number of hydrogen-bond acceptors (Lipinski definition) is 2. The summed E-state index contributed by atoms with van der Waals surface area (Å²) in [5.41, 5.74) is 1.80.